The number of carbonyl (C=O) groups is 1. The highest BCUT2D eigenvalue weighted by molar-refractivity contribution is 6.07. The van der Waals surface area contributed by atoms with Gasteiger partial charge in [0.1, 0.15) is 6.33 Å². The Kier molecular flexibility index (Phi) is 2.68. The minimum Gasteiger partial charge on any atom is -0.478 e. The molecule has 1 heterocycles. The number of rotatable bonds is 2. The number of benzene rings is 2. The van der Waals surface area contributed by atoms with Crippen LogP contribution >= 0.6 is 0 Å². The normalized spacial score (nSPS) is 10.5. The number of carboxylic acid groups (broad SMARTS) is 1. The van der Waals surface area contributed by atoms with Gasteiger partial charge in [-0.05, 0) is 22.4 Å². The van der Waals surface area contributed by atoms with Crippen molar-refractivity contribution in [1.29, 1.82) is 0 Å². The molecule has 2 aromatic carbocycles. The van der Waals surface area contributed by atoms with Crippen molar-refractivity contribution < 1.29 is 9.90 Å². The lowest BCUT2D eigenvalue weighted by molar-refractivity contribution is 0.0699. The summed E-state index contributed by atoms with van der Waals surface area (Å²) in [4.78, 5) is 19.2. The SMILES string of the molecule is O=C(O)c1cccc2c(-c3cncnc3)cccc12. The molecule has 3 aromatic rings. The fourth-order valence-electron chi connectivity index (χ4n) is 2.19. The summed E-state index contributed by atoms with van der Waals surface area (Å²) >= 11 is 0. The van der Waals surface area contributed by atoms with Gasteiger partial charge in [0.15, 0.2) is 0 Å². The van der Waals surface area contributed by atoms with Gasteiger partial charge in [0, 0.05) is 18.0 Å². The van der Waals surface area contributed by atoms with E-state index in [1.54, 1.807) is 24.5 Å². The monoisotopic (exact) mass is 250 g/mol. The van der Waals surface area contributed by atoms with Gasteiger partial charge in [-0.15, -0.1) is 0 Å². The van der Waals surface area contributed by atoms with E-state index in [-0.39, 0.29) is 0 Å². The van der Waals surface area contributed by atoms with E-state index >= 15 is 0 Å². The van der Waals surface area contributed by atoms with E-state index in [0.717, 1.165) is 21.9 Å². The first-order valence-electron chi connectivity index (χ1n) is 5.78. The minimum absolute atomic E-state index is 0.302. The summed E-state index contributed by atoms with van der Waals surface area (Å²) in [5.74, 6) is -0.924. The molecule has 4 heteroatoms. The summed E-state index contributed by atoms with van der Waals surface area (Å²) in [6.07, 6.45) is 4.90. The first-order chi connectivity index (χ1) is 9.27. The first kappa shape index (κ1) is 11.3. The van der Waals surface area contributed by atoms with Crippen LogP contribution in [0.1, 0.15) is 10.4 Å². The number of hydrogen-bond acceptors (Lipinski definition) is 3. The molecule has 0 bridgehead atoms. The van der Waals surface area contributed by atoms with Gasteiger partial charge in [0.2, 0.25) is 0 Å². The molecular weight excluding hydrogens is 240 g/mol. The lowest BCUT2D eigenvalue weighted by Crippen LogP contribution is -1.97. The average Bonchev–Trinajstić information content (AvgIpc) is 2.46. The molecule has 0 spiro atoms. The van der Waals surface area contributed by atoms with Crippen molar-refractivity contribution in [3.8, 4) is 11.1 Å². The highest BCUT2D eigenvalue weighted by Crippen LogP contribution is 2.29. The molecular formula is C15H10N2O2. The molecule has 0 aliphatic heterocycles. The molecule has 92 valence electrons. The molecule has 0 saturated carbocycles. The smallest absolute Gasteiger partial charge is 0.336 e. The summed E-state index contributed by atoms with van der Waals surface area (Å²) in [6, 6.07) is 10.9. The van der Waals surface area contributed by atoms with E-state index in [4.69, 9.17) is 0 Å². The van der Waals surface area contributed by atoms with Crippen molar-refractivity contribution in [2.45, 2.75) is 0 Å². The standard InChI is InChI=1S/C15H10N2O2/c18-15(19)14-6-2-4-12-11(3-1-5-13(12)14)10-7-16-9-17-8-10/h1-9H,(H,18,19). The Labute approximate surface area is 109 Å². The maximum Gasteiger partial charge on any atom is 0.336 e. The zero-order valence-electron chi connectivity index (χ0n) is 9.95. The topological polar surface area (TPSA) is 63.1 Å². The molecule has 0 unspecified atom stereocenters. The van der Waals surface area contributed by atoms with Crippen molar-refractivity contribution in [3.63, 3.8) is 0 Å². The first-order valence-corrected chi connectivity index (χ1v) is 5.78. The second kappa shape index (κ2) is 4.49. The molecule has 3 rings (SSSR count). The van der Waals surface area contributed by atoms with Crippen molar-refractivity contribution in [1.82, 2.24) is 9.97 Å². The molecule has 0 radical (unpaired) electrons. The summed E-state index contributed by atoms with van der Waals surface area (Å²) in [5, 5.41) is 10.8. The maximum absolute atomic E-state index is 11.2. The second-order valence-corrected chi connectivity index (χ2v) is 4.14. The van der Waals surface area contributed by atoms with E-state index in [9.17, 15) is 9.90 Å². The molecule has 0 saturated heterocycles. The molecule has 0 atom stereocenters. The lowest BCUT2D eigenvalue weighted by Gasteiger charge is -2.08. The van der Waals surface area contributed by atoms with Gasteiger partial charge in [0.05, 0.1) is 5.56 Å². The van der Waals surface area contributed by atoms with E-state index in [1.165, 1.54) is 6.33 Å². The van der Waals surface area contributed by atoms with Gasteiger partial charge < -0.3 is 5.11 Å². The third-order valence-corrected chi connectivity index (χ3v) is 3.02. The van der Waals surface area contributed by atoms with Crippen molar-refractivity contribution in [2.24, 2.45) is 0 Å². The van der Waals surface area contributed by atoms with Crippen LogP contribution in [-0.2, 0) is 0 Å². The van der Waals surface area contributed by atoms with Gasteiger partial charge in [0.25, 0.3) is 0 Å². The Morgan fingerprint density at radius 2 is 1.63 bits per heavy atom. The van der Waals surface area contributed by atoms with Crippen LogP contribution in [0.3, 0.4) is 0 Å². The van der Waals surface area contributed by atoms with Crippen LogP contribution in [-0.4, -0.2) is 21.0 Å². The Hall–Kier alpha value is -2.75. The van der Waals surface area contributed by atoms with Crippen molar-refractivity contribution >= 4 is 16.7 Å². The van der Waals surface area contributed by atoms with Crippen LogP contribution in [0.4, 0.5) is 0 Å². The molecule has 0 aliphatic rings. The Morgan fingerprint density at radius 3 is 2.37 bits per heavy atom. The Bertz CT molecular complexity index is 754. The number of aromatic carboxylic acids is 1. The number of fused-ring (bicyclic) bond motifs is 1. The van der Waals surface area contributed by atoms with E-state index in [2.05, 4.69) is 9.97 Å². The maximum atomic E-state index is 11.2. The number of hydrogen-bond donors (Lipinski definition) is 1. The van der Waals surface area contributed by atoms with Crippen molar-refractivity contribution in [2.75, 3.05) is 0 Å². The number of nitrogens with zero attached hydrogens (tertiary/aromatic N) is 2. The van der Waals surface area contributed by atoms with Gasteiger partial charge in [-0.1, -0.05) is 30.3 Å². The summed E-state index contributed by atoms with van der Waals surface area (Å²) in [5.41, 5.74) is 2.10. The minimum atomic E-state index is -0.924. The van der Waals surface area contributed by atoms with Crippen LogP contribution in [0, 0.1) is 0 Å². The highest BCUT2D eigenvalue weighted by Gasteiger charge is 2.10. The zero-order valence-corrected chi connectivity index (χ0v) is 9.95. The fraction of sp³-hybridized carbons (Fsp3) is 0. The van der Waals surface area contributed by atoms with Crippen LogP contribution < -0.4 is 0 Å². The van der Waals surface area contributed by atoms with Crippen LogP contribution in [0.5, 0.6) is 0 Å². The molecule has 0 aliphatic carbocycles. The van der Waals surface area contributed by atoms with Crippen molar-refractivity contribution in [3.05, 3.63) is 60.7 Å². The predicted molar refractivity (Wildman–Crippen MR) is 71.9 cm³/mol. The average molecular weight is 250 g/mol. The highest BCUT2D eigenvalue weighted by atomic mass is 16.4. The number of carboxylic acids is 1. The molecule has 0 fully saturated rings. The fourth-order valence-corrected chi connectivity index (χ4v) is 2.19. The van der Waals surface area contributed by atoms with Crippen LogP contribution in [0.2, 0.25) is 0 Å². The van der Waals surface area contributed by atoms with E-state index < -0.39 is 5.97 Å². The largest absolute Gasteiger partial charge is 0.478 e. The Morgan fingerprint density at radius 1 is 0.947 bits per heavy atom. The molecule has 1 aromatic heterocycles. The van der Waals surface area contributed by atoms with Gasteiger partial charge in [-0.3, -0.25) is 0 Å². The van der Waals surface area contributed by atoms with Crippen LogP contribution in [0.15, 0.2) is 55.1 Å². The van der Waals surface area contributed by atoms with Gasteiger partial charge in [-0.25, -0.2) is 14.8 Å². The van der Waals surface area contributed by atoms with Crippen LogP contribution in [0.25, 0.3) is 21.9 Å². The summed E-state index contributed by atoms with van der Waals surface area (Å²) in [7, 11) is 0. The van der Waals surface area contributed by atoms with E-state index in [0.29, 0.717) is 5.56 Å². The third-order valence-electron chi connectivity index (χ3n) is 3.02. The summed E-state index contributed by atoms with van der Waals surface area (Å²) in [6.45, 7) is 0. The quantitative estimate of drug-likeness (QED) is 0.759. The van der Waals surface area contributed by atoms with Gasteiger partial charge >= 0.3 is 5.97 Å². The summed E-state index contributed by atoms with van der Waals surface area (Å²) < 4.78 is 0. The molecule has 4 nitrogen and oxygen atoms in total. The predicted octanol–water partition coefficient (Wildman–Crippen LogP) is 3.00. The third kappa shape index (κ3) is 1.93. The second-order valence-electron chi connectivity index (χ2n) is 4.14. The molecule has 19 heavy (non-hydrogen) atoms. The number of aromatic nitrogens is 2. The molecule has 1 N–H and O–H groups in total. The van der Waals surface area contributed by atoms with E-state index in [1.807, 2.05) is 24.3 Å². The molecule has 0 amide bonds. The van der Waals surface area contributed by atoms with Gasteiger partial charge in [-0.2, -0.15) is 0 Å². The Balaban J connectivity index is 2.34. The zero-order chi connectivity index (χ0) is 13.2. The lowest BCUT2D eigenvalue weighted by atomic mass is 9.97.